The van der Waals surface area contributed by atoms with Gasteiger partial charge in [0.05, 0.1) is 23.0 Å². The third-order valence-electron chi connectivity index (χ3n) is 5.71. The van der Waals surface area contributed by atoms with Gasteiger partial charge in [0.2, 0.25) is 5.88 Å². The highest BCUT2D eigenvalue weighted by Gasteiger charge is 2.32. The first-order valence-corrected chi connectivity index (χ1v) is 11.1. The summed E-state index contributed by atoms with van der Waals surface area (Å²) < 4.78 is 21.9. The molecular weight excluding hydrogens is 393 g/mol. The number of aliphatic hydroxyl groups is 1. The molecule has 0 saturated heterocycles. The summed E-state index contributed by atoms with van der Waals surface area (Å²) >= 11 is 0. The van der Waals surface area contributed by atoms with Crippen molar-refractivity contribution in [1.29, 1.82) is 0 Å². The largest absolute Gasteiger partial charge is 0.438 e. The molecule has 1 fully saturated rings. The van der Waals surface area contributed by atoms with Crippen LogP contribution in [0.5, 0.6) is 11.6 Å². The van der Waals surface area contributed by atoms with Gasteiger partial charge in [-0.3, -0.25) is 4.90 Å². The molecule has 31 heavy (non-hydrogen) atoms. The molecule has 1 aromatic heterocycles. The lowest BCUT2D eigenvalue weighted by atomic mass is 10.1. The van der Waals surface area contributed by atoms with Crippen LogP contribution < -0.4 is 4.74 Å². The lowest BCUT2D eigenvalue weighted by Gasteiger charge is -2.25. The zero-order valence-electron chi connectivity index (χ0n) is 18.2. The number of para-hydroxylation sites is 1. The number of aryl methyl sites for hydroxylation is 1. The first-order chi connectivity index (χ1) is 15.1. The quantitative estimate of drug-likeness (QED) is 0.493. The molecule has 0 amide bonds. The van der Waals surface area contributed by atoms with E-state index in [0.29, 0.717) is 30.8 Å². The van der Waals surface area contributed by atoms with E-state index in [1.54, 1.807) is 16.8 Å². The number of rotatable bonds is 10. The van der Waals surface area contributed by atoms with E-state index in [0.717, 1.165) is 42.6 Å². The molecule has 0 radical (unpaired) electrons. The van der Waals surface area contributed by atoms with Crippen LogP contribution >= 0.6 is 0 Å². The molecule has 1 aliphatic rings. The minimum atomic E-state index is -0.359. The second kappa shape index (κ2) is 9.62. The number of halogens is 1. The van der Waals surface area contributed by atoms with Crippen molar-refractivity contribution in [2.24, 2.45) is 0 Å². The maximum Gasteiger partial charge on any atom is 0.227 e. The number of ether oxygens (including phenoxy) is 1. The minimum absolute atomic E-state index is 0.341. The highest BCUT2D eigenvalue weighted by molar-refractivity contribution is 5.43. The van der Waals surface area contributed by atoms with Crippen LogP contribution in [0.25, 0.3) is 5.69 Å². The summed E-state index contributed by atoms with van der Waals surface area (Å²) in [5.41, 5.74) is 2.83. The van der Waals surface area contributed by atoms with Crippen molar-refractivity contribution in [2.75, 3.05) is 6.54 Å². The first kappa shape index (κ1) is 21.5. The average molecular weight is 424 g/mol. The average Bonchev–Trinajstić information content (AvgIpc) is 3.58. The van der Waals surface area contributed by atoms with Crippen LogP contribution in [0.2, 0.25) is 0 Å². The number of nitrogens with zero attached hydrogens (tertiary/aromatic N) is 3. The Kier molecular flexibility index (Phi) is 6.68. The van der Waals surface area contributed by atoms with Gasteiger partial charge in [-0.2, -0.15) is 5.10 Å². The van der Waals surface area contributed by atoms with Gasteiger partial charge in [-0.1, -0.05) is 38.1 Å². The number of hydrogen-bond donors (Lipinski definition) is 1. The van der Waals surface area contributed by atoms with E-state index in [9.17, 15) is 9.50 Å². The van der Waals surface area contributed by atoms with Gasteiger partial charge in [-0.25, -0.2) is 9.07 Å². The lowest BCUT2D eigenvalue weighted by molar-refractivity contribution is 0.100. The van der Waals surface area contributed by atoms with Gasteiger partial charge in [-0.15, -0.1) is 0 Å². The van der Waals surface area contributed by atoms with Crippen molar-refractivity contribution in [3.63, 3.8) is 0 Å². The molecule has 2 aromatic carbocycles. The van der Waals surface area contributed by atoms with E-state index in [1.807, 2.05) is 37.3 Å². The monoisotopic (exact) mass is 423 g/mol. The van der Waals surface area contributed by atoms with Crippen LogP contribution in [0.4, 0.5) is 4.39 Å². The van der Waals surface area contributed by atoms with E-state index in [2.05, 4.69) is 11.8 Å². The molecule has 1 saturated carbocycles. The summed E-state index contributed by atoms with van der Waals surface area (Å²) in [6.45, 7) is 5.34. The Bertz CT molecular complexity index is 1000. The topological polar surface area (TPSA) is 50.5 Å². The predicted molar refractivity (Wildman–Crippen MR) is 119 cm³/mol. The Balaban J connectivity index is 1.75. The van der Waals surface area contributed by atoms with Crippen molar-refractivity contribution >= 4 is 0 Å². The molecule has 0 bridgehead atoms. The van der Waals surface area contributed by atoms with E-state index < -0.39 is 0 Å². The summed E-state index contributed by atoms with van der Waals surface area (Å²) in [7, 11) is 0. The van der Waals surface area contributed by atoms with E-state index >= 15 is 0 Å². The fourth-order valence-corrected chi connectivity index (χ4v) is 3.80. The lowest BCUT2D eigenvalue weighted by Crippen LogP contribution is -2.33. The maximum atomic E-state index is 13.8. The van der Waals surface area contributed by atoms with Crippen LogP contribution in [0.3, 0.4) is 0 Å². The van der Waals surface area contributed by atoms with Crippen molar-refractivity contribution in [1.82, 2.24) is 14.7 Å². The van der Waals surface area contributed by atoms with E-state index in [4.69, 9.17) is 9.84 Å². The molecule has 6 heteroatoms. The van der Waals surface area contributed by atoms with Crippen molar-refractivity contribution < 1.29 is 14.2 Å². The molecule has 3 aromatic rings. The molecule has 1 atom stereocenters. The van der Waals surface area contributed by atoms with Gasteiger partial charge in [0, 0.05) is 25.2 Å². The summed E-state index contributed by atoms with van der Waals surface area (Å²) in [6, 6.07) is 16.5. The van der Waals surface area contributed by atoms with Gasteiger partial charge in [-0.05, 0) is 49.9 Å². The zero-order valence-corrected chi connectivity index (χ0v) is 18.2. The summed E-state index contributed by atoms with van der Waals surface area (Å²) in [6.07, 6.45) is 3.40. The Morgan fingerprint density at radius 1 is 1.16 bits per heavy atom. The highest BCUT2D eigenvalue weighted by Crippen LogP contribution is 2.35. The van der Waals surface area contributed by atoms with Crippen molar-refractivity contribution in [3.05, 3.63) is 71.7 Å². The minimum Gasteiger partial charge on any atom is -0.438 e. The SMILES string of the molecule is CCc1nn(-c2ccccc2)c(Oc2cccc(F)c2)c1CN(CC(O)CC)C1CC1. The van der Waals surface area contributed by atoms with Gasteiger partial charge in [0.15, 0.2) is 0 Å². The van der Waals surface area contributed by atoms with E-state index in [-0.39, 0.29) is 11.9 Å². The summed E-state index contributed by atoms with van der Waals surface area (Å²) in [4.78, 5) is 2.33. The Morgan fingerprint density at radius 2 is 1.94 bits per heavy atom. The van der Waals surface area contributed by atoms with Gasteiger partial charge in [0.25, 0.3) is 0 Å². The molecule has 0 aliphatic heterocycles. The molecule has 1 heterocycles. The zero-order chi connectivity index (χ0) is 21.8. The third kappa shape index (κ3) is 5.14. The highest BCUT2D eigenvalue weighted by atomic mass is 19.1. The van der Waals surface area contributed by atoms with Crippen LogP contribution in [0.1, 0.15) is 44.4 Å². The second-order valence-corrected chi connectivity index (χ2v) is 8.11. The van der Waals surface area contributed by atoms with Gasteiger partial charge >= 0.3 is 0 Å². The van der Waals surface area contributed by atoms with Crippen molar-refractivity contribution in [3.8, 4) is 17.3 Å². The van der Waals surface area contributed by atoms with Crippen LogP contribution in [0.15, 0.2) is 54.6 Å². The number of benzene rings is 2. The Labute approximate surface area is 183 Å². The number of hydrogen-bond acceptors (Lipinski definition) is 4. The van der Waals surface area contributed by atoms with Crippen LogP contribution in [-0.2, 0) is 13.0 Å². The number of aromatic nitrogens is 2. The predicted octanol–water partition coefficient (Wildman–Crippen LogP) is 5.10. The molecule has 164 valence electrons. The second-order valence-electron chi connectivity index (χ2n) is 8.11. The van der Waals surface area contributed by atoms with Gasteiger partial charge in [0.1, 0.15) is 11.6 Å². The molecule has 1 aliphatic carbocycles. The third-order valence-corrected chi connectivity index (χ3v) is 5.71. The molecule has 1 unspecified atom stereocenters. The maximum absolute atomic E-state index is 13.8. The molecule has 0 spiro atoms. The van der Waals surface area contributed by atoms with Crippen molar-refractivity contribution in [2.45, 2.75) is 58.2 Å². The van der Waals surface area contributed by atoms with Crippen LogP contribution in [0, 0.1) is 5.82 Å². The molecule has 1 N–H and O–H groups in total. The first-order valence-electron chi connectivity index (χ1n) is 11.1. The molecular formula is C25H30FN3O2. The Hall–Kier alpha value is -2.70. The van der Waals surface area contributed by atoms with E-state index in [1.165, 1.54) is 12.1 Å². The summed E-state index contributed by atoms with van der Waals surface area (Å²) in [5, 5.41) is 15.2. The number of aliphatic hydroxyl groups excluding tert-OH is 1. The normalized spacial score (nSPS) is 14.7. The molecule has 5 nitrogen and oxygen atoms in total. The molecule has 4 rings (SSSR count). The van der Waals surface area contributed by atoms with Gasteiger partial charge < -0.3 is 9.84 Å². The smallest absolute Gasteiger partial charge is 0.227 e. The van der Waals surface area contributed by atoms with Crippen LogP contribution in [-0.4, -0.2) is 38.5 Å². The fourth-order valence-electron chi connectivity index (χ4n) is 3.80. The summed E-state index contributed by atoms with van der Waals surface area (Å²) in [5.74, 6) is 0.698. The standard InChI is InChI=1S/C25H30FN3O2/c1-3-21(30)16-28(19-13-14-19)17-23-24(4-2)27-29(20-10-6-5-7-11-20)25(23)31-22-12-8-9-18(26)15-22/h5-12,15,19,21,30H,3-4,13-14,16-17H2,1-2H3. The Morgan fingerprint density at radius 3 is 2.58 bits per heavy atom. The fraction of sp³-hybridized carbons (Fsp3) is 0.400.